The fraction of sp³-hybridized carbons (Fsp3) is 0.235. The fourth-order valence-electron chi connectivity index (χ4n) is 2.09. The van der Waals surface area contributed by atoms with E-state index in [-0.39, 0.29) is 5.56 Å². The Morgan fingerprint density at radius 2 is 1.48 bits per heavy atom. The van der Waals surface area contributed by atoms with Crippen molar-refractivity contribution in [2.24, 2.45) is 5.92 Å². The van der Waals surface area contributed by atoms with Crippen LogP contribution in [0.2, 0.25) is 0 Å². The van der Waals surface area contributed by atoms with Gasteiger partial charge in [0.1, 0.15) is 0 Å². The minimum absolute atomic E-state index is 0.229. The molecular weight excluding hydrogens is 325 g/mol. The summed E-state index contributed by atoms with van der Waals surface area (Å²) in [5.41, 5.74) is 0.229. The summed E-state index contributed by atoms with van der Waals surface area (Å²) < 4.78 is 51.7. The summed E-state index contributed by atoms with van der Waals surface area (Å²) in [5, 5.41) is 0. The van der Waals surface area contributed by atoms with Crippen molar-refractivity contribution >= 4 is 16.6 Å². The molecule has 2 atom stereocenters. The van der Waals surface area contributed by atoms with E-state index >= 15 is 0 Å². The number of benzene rings is 2. The number of carbonyl (C=O) groups excluding carboxylic acids is 1. The predicted octanol–water partition coefficient (Wildman–Crippen LogP) is 4.25. The largest absolute Gasteiger partial charge is 0.393 e. The third-order valence-electron chi connectivity index (χ3n) is 3.35. The van der Waals surface area contributed by atoms with Crippen molar-refractivity contribution in [3.05, 3.63) is 66.2 Å². The molecule has 122 valence electrons. The Balaban J connectivity index is 2.12. The van der Waals surface area contributed by atoms with E-state index in [1.165, 1.54) is 24.3 Å². The van der Waals surface area contributed by atoms with Crippen LogP contribution in [0, 0.1) is 5.92 Å². The van der Waals surface area contributed by atoms with Crippen LogP contribution in [-0.4, -0.2) is 21.9 Å². The number of hydrogen-bond acceptors (Lipinski definition) is 2. The third-order valence-corrected chi connectivity index (χ3v) is 4.85. The summed E-state index contributed by atoms with van der Waals surface area (Å²) in [6.07, 6.45) is -5.28. The van der Waals surface area contributed by atoms with E-state index in [1.54, 1.807) is 36.4 Å². The van der Waals surface area contributed by atoms with Gasteiger partial charge >= 0.3 is 6.18 Å². The van der Waals surface area contributed by atoms with Gasteiger partial charge in [-0.05, 0) is 12.1 Å². The standard InChI is InChI=1S/C17H15F3O2S/c18-17(19,20)14(11-16(21)13-7-3-1-4-8-13)12-23(22)15-9-5-2-6-10-15/h1-10,14H,11-12H2/t14-,23+/m1/s1. The van der Waals surface area contributed by atoms with Crippen LogP contribution in [0.25, 0.3) is 0 Å². The Kier molecular flexibility index (Phi) is 5.71. The normalized spacial score (nSPS) is 14.2. The maximum absolute atomic E-state index is 13.2. The van der Waals surface area contributed by atoms with Gasteiger partial charge in [0.2, 0.25) is 0 Å². The highest BCUT2D eigenvalue weighted by Gasteiger charge is 2.41. The molecule has 0 amide bonds. The summed E-state index contributed by atoms with van der Waals surface area (Å²) in [7, 11) is -1.80. The molecule has 0 aliphatic rings. The lowest BCUT2D eigenvalue weighted by atomic mass is 9.99. The molecule has 0 saturated heterocycles. The molecule has 2 aromatic carbocycles. The van der Waals surface area contributed by atoms with Crippen molar-refractivity contribution in [1.29, 1.82) is 0 Å². The molecule has 0 spiro atoms. The Bertz CT molecular complexity index is 616. The first-order chi connectivity index (χ1) is 10.9. The quantitative estimate of drug-likeness (QED) is 0.737. The number of ketones is 1. The lowest BCUT2D eigenvalue weighted by Gasteiger charge is -2.19. The van der Waals surface area contributed by atoms with E-state index in [1.807, 2.05) is 0 Å². The van der Waals surface area contributed by atoms with Crippen LogP contribution < -0.4 is 0 Å². The van der Waals surface area contributed by atoms with Gasteiger partial charge in [0.15, 0.2) is 5.78 Å². The summed E-state index contributed by atoms with van der Waals surface area (Å²) in [6, 6.07) is 15.8. The fourth-order valence-corrected chi connectivity index (χ4v) is 3.41. The van der Waals surface area contributed by atoms with E-state index in [2.05, 4.69) is 0 Å². The summed E-state index contributed by atoms with van der Waals surface area (Å²) >= 11 is 0. The molecule has 0 radical (unpaired) electrons. The molecule has 23 heavy (non-hydrogen) atoms. The SMILES string of the molecule is O=C(C[C@H](C[S@](=O)c1ccccc1)C(F)(F)F)c1ccccc1. The predicted molar refractivity (Wildman–Crippen MR) is 82.7 cm³/mol. The average Bonchev–Trinajstić information content (AvgIpc) is 2.54. The first-order valence-corrected chi connectivity index (χ1v) is 8.28. The van der Waals surface area contributed by atoms with E-state index in [4.69, 9.17) is 0 Å². The topological polar surface area (TPSA) is 34.1 Å². The molecule has 2 aromatic rings. The van der Waals surface area contributed by atoms with Gasteiger partial charge in [-0.25, -0.2) is 0 Å². The van der Waals surface area contributed by atoms with E-state index in [0.717, 1.165) is 0 Å². The van der Waals surface area contributed by atoms with Crippen molar-refractivity contribution < 1.29 is 22.2 Å². The number of carbonyl (C=O) groups is 1. The number of Topliss-reactive ketones (excluding diaryl/α,β-unsaturated/α-hetero) is 1. The minimum Gasteiger partial charge on any atom is -0.294 e. The monoisotopic (exact) mass is 340 g/mol. The molecule has 2 rings (SSSR count). The molecule has 2 nitrogen and oxygen atoms in total. The highest BCUT2D eigenvalue weighted by Crippen LogP contribution is 2.31. The van der Waals surface area contributed by atoms with Crippen molar-refractivity contribution in [1.82, 2.24) is 0 Å². The second kappa shape index (κ2) is 7.55. The van der Waals surface area contributed by atoms with Gasteiger partial charge in [-0.2, -0.15) is 13.2 Å². The second-order valence-electron chi connectivity index (χ2n) is 5.06. The molecule has 0 aliphatic heterocycles. The lowest BCUT2D eigenvalue weighted by Crippen LogP contribution is -2.30. The van der Waals surface area contributed by atoms with Crippen molar-refractivity contribution in [3.63, 3.8) is 0 Å². The summed E-state index contributed by atoms with van der Waals surface area (Å²) in [4.78, 5) is 12.3. The number of hydrogen-bond donors (Lipinski definition) is 0. The molecule has 0 fully saturated rings. The van der Waals surface area contributed by atoms with E-state index in [9.17, 15) is 22.2 Å². The van der Waals surface area contributed by atoms with Crippen LogP contribution >= 0.6 is 0 Å². The van der Waals surface area contributed by atoms with Gasteiger partial charge in [0.25, 0.3) is 0 Å². The van der Waals surface area contributed by atoms with E-state index < -0.39 is 40.9 Å². The zero-order valence-electron chi connectivity index (χ0n) is 12.1. The highest BCUT2D eigenvalue weighted by atomic mass is 32.2. The Labute approximate surface area is 134 Å². The molecule has 6 heteroatoms. The van der Waals surface area contributed by atoms with E-state index in [0.29, 0.717) is 4.90 Å². The summed E-state index contributed by atoms with van der Waals surface area (Å²) in [6.45, 7) is 0. The molecule has 0 heterocycles. The van der Waals surface area contributed by atoms with Crippen molar-refractivity contribution in [2.75, 3.05) is 5.75 Å². The first kappa shape index (κ1) is 17.4. The first-order valence-electron chi connectivity index (χ1n) is 6.96. The average molecular weight is 340 g/mol. The van der Waals surface area contributed by atoms with Crippen LogP contribution in [0.4, 0.5) is 13.2 Å². The molecule has 0 aromatic heterocycles. The van der Waals surface area contributed by atoms with Crippen LogP contribution in [0.1, 0.15) is 16.8 Å². The Hall–Kier alpha value is -1.95. The number of rotatable bonds is 6. The highest BCUT2D eigenvalue weighted by molar-refractivity contribution is 7.85. The number of alkyl halides is 3. The maximum atomic E-state index is 13.2. The molecule has 0 N–H and O–H groups in total. The zero-order chi connectivity index (χ0) is 16.9. The lowest BCUT2D eigenvalue weighted by molar-refractivity contribution is -0.167. The molecule has 0 unspecified atom stereocenters. The molecular formula is C17H15F3O2S. The summed E-state index contributed by atoms with van der Waals surface area (Å²) in [5.74, 6) is -3.15. The van der Waals surface area contributed by atoms with Gasteiger partial charge < -0.3 is 0 Å². The number of halogens is 3. The van der Waals surface area contributed by atoms with Gasteiger partial charge in [-0.1, -0.05) is 48.5 Å². The molecule has 0 bridgehead atoms. The van der Waals surface area contributed by atoms with Crippen molar-refractivity contribution in [3.8, 4) is 0 Å². The second-order valence-corrected chi connectivity index (χ2v) is 6.55. The van der Waals surface area contributed by atoms with Crippen LogP contribution in [0.5, 0.6) is 0 Å². The maximum Gasteiger partial charge on any atom is 0.393 e. The molecule has 0 aliphatic carbocycles. The third kappa shape index (κ3) is 5.03. The van der Waals surface area contributed by atoms with Crippen molar-refractivity contribution in [2.45, 2.75) is 17.5 Å². The van der Waals surface area contributed by atoms with Gasteiger partial charge in [0.05, 0.1) is 16.7 Å². The van der Waals surface area contributed by atoms with Gasteiger partial charge in [0, 0.05) is 22.6 Å². The minimum atomic E-state index is -4.57. The Morgan fingerprint density at radius 3 is 2.00 bits per heavy atom. The Morgan fingerprint density at radius 1 is 0.957 bits per heavy atom. The van der Waals surface area contributed by atoms with Gasteiger partial charge in [-0.3, -0.25) is 9.00 Å². The zero-order valence-corrected chi connectivity index (χ0v) is 12.9. The van der Waals surface area contributed by atoms with Crippen LogP contribution in [-0.2, 0) is 10.8 Å². The molecule has 0 saturated carbocycles. The smallest absolute Gasteiger partial charge is 0.294 e. The van der Waals surface area contributed by atoms with Gasteiger partial charge in [-0.15, -0.1) is 0 Å². The van der Waals surface area contributed by atoms with Crippen LogP contribution in [0.15, 0.2) is 65.6 Å². The van der Waals surface area contributed by atoms with Crippen LogP contribution in [0.3, 0.4) is 0 Å².